The molecule has 1 fully saturated rings. The highest BCUT2D eigenvalue weighted by molar-refractivity contribution is 6.99. The van der Waals surface area contributed by atoms with Gasteiger partial charge < -0.3 is 15.8 Å². The molecule has 2 rings (SSSR count). The maximum Gasteiger partial charge on any atom is 0.272 e. The summed E-state index contributed by atoms with van der Waals surface area (Å²) in [5.74, 6) is -0.196. The van der Waals surface area contributed by atoms with E-state index in [1.165, 1.54) is 6.20 Å². The molecule has 1 aromatic heterocycles. The Hall–Kier alpha value is -1.05. The van der Waals surface area contributed by atoms with E-state index in [0.717, 1.165) is 37.4 Å². The molecule has 0 aromatic carbocycles. The van der Waals surface area contributed by atoms with Crippen LogP contribution in [0, 0.1) is 0 Å². The van der Waals surface area contributed by atoms with Crippen LogP contribution in [0.25, 0.3) is 0 Å². The van der Waals surface area contributed by atoms with Crippen LogP contribution in [0.2, 0.25) is 0 Å². The summed E-state index contributed by atoms with van der Waals surface area (Å²) in [7, 11) is 0. The molecule has 0 bridgehead atoms. The molecule has 1 saturated carbocycles. The molecule has 1 aliphatic rings. The van der Waals surface area contributed by atoms with Crippen molar-refractivity contribution < 1.29 is 9.53 Å². The fourth-order valence-electron chi connectivity index (χ4n) is 2.00. The van der Waals surface area contributed by atoms with Gasteiger partial charge in [0.2, 0.25) is 0 Å². The molecule has 18 heavy (non-hydrogen) atoms. The lowest BCUT2D eigenvalue weighted by Gasteiger charge is -2.26. The fourth-order valence-corrected chi connectivity index (χ4v) is 2.41. The third kappa shape index (κ3) is 4.01. The third-order valence-electron chi connectivity index (χ3n) is 3.05. The Bertz CT molecular complexity index is 363. The van der Waals surface area contributed by atoms with Gasteiger partial charge in [0.1, 0.15) is 0 Å². The summed E-state index contributed by atoms with van der Waals surface area (Å²) in [6, 6.07) is 0.335. The SMILES string of the molecule is NC1CCC(OCCNC(=O)c2cnsn2)CC1. The quantitative estimate of drug-likeness (QED) is 0.763. The van der Waals surface area contributed by atoms with Gasteiger partial charge in [0.15, 0.2) is 5.69 Å². The van der Waals surface area contributed by atoms with Crippen molar-refractivity contribution in [3.8, 4) is 0 Å². The van der Waals surface area contributed by atoms with E-state index in [1.54, 1.807) is 0 Å². The summed E-state index contributed by atoms with van der Waals surface area (Å²) in [5.41, 5.74) is 6.19. The second kappa shape index (κ2) is 6.77. The maximum atomic E-state index is 11.5. The Balaban J connectivity index is 1.57. The molecule has 1 aromatic rings. The Morgan fingerprint density at radius 1 is 1.50 bits per heavy atom. The number of amides is 1. The zero-order valence-corrected chi connectivity index (χ0v) is 11.0. The van der Waals surface area contributed by atoms with E-state index < -0.39 is 0 Å². The molecule has 0 unspecified atom stereocenters. The molecule has 0 radical (unpaired) electrons. The normalized spacial score (nSPS) is 23.8. The van der Waals surface area contributed by atoms with Crippen molar-refractivity contribution in [2.45, 2.75) is 37.8 Å². The molecule has 0 aliphatic heterocycles. The van der Waals surface area contributed by atoms with Crippen LogP contribution >= 0.6 is 11.7 Å². The van der Waals surface area contributed by atoms with Gasteiger partial charge in [-0.3, -0.25) is 4.79 Å². The van der Waals surface area contributed by atoms with Gasteiger partial charge in [-0.15, -0.1) is 0 Å². The van der Waals surface area contributed by atoms with Gasteiger partial charge in [-0.2, -0.15) is 8.75 Å². The molecule has 0 saturated heterocycles. The lowest BCUT2D eigenvalue weighted by molar-refractivity contribution is 0.0267. The van der Waals surface area contributed by atoms with E-state index in [9.17, 15) is 4.79 Å². The molecule has 100 valence electrons. The number of aromatic nitrogens is 2. The van der Waals surface area contributed by atoms with Crippen LogP contribution in [-0.2, 0) is 4.74 Å². The Labute approximate surface area is 110 Å². The first-order valence-electron chi connectivity index (χ1n) is 6.18. The number of nitrogens with zero attached hydrogens (tertiary/aromatic N) is 2. The maximum absolute atomic E-state index is 11.5. The van der Waals surface area contributed by atoms with Crippen molar-refractivity contribution in [2.24, 2.45) is 5.73 Å². The minimum atomic E-state index is -0.196. The lowest BCUT2D eigenvalue weighted by Crippen LogP contribution is -2.33. The van der Waals surface area contributed by atoms with Crippen LogP contribution in [0.15, 0.2) is 6.20 Å². The summed E-state index contributed by atoms with van der Waals surface area (Å²) >= 11 is 1.03. The number of hydrogen-bond donors (Lipinski definition) is 2. The number of carbonyl (C=O) groups is 1. The van der Waals surface area contributed by atoms with Crippen molar-refractivity contribution in [1.29, 1.82) is 0 Å². The number of hydrogen-bond acceptors (Lipinski definition) is 6. The first-order chi connectivity index (χ1) is 8.75. The molecule has 0 spiro atoms. The van der Waals surface area contributed by atoms with Gasteiger partial charge >= 0.3 is 0 Å². The number of carbonyl (C=O) groups excluding carboxylic acids is 1. The number of rotatable bonds is 5. The minimum absolute atomic E-state index is 0.196. The first kappa shape index (κ1) is 13.4. The predicted octanol–water partition coefficient (Wildman–Crippen LogP) is 0.554. The average molecular weight is 270 g/mol. The predicted molar refractivity (Wildman–Crippen MR) is 68.4 cm³/mol. The van der Waals surface area contributed by atoms with Gasteiger partial charge in [0, 0.05) is 12.6 Å². The first-order valence-corrected chi connectivity index (χ1v) is 6.91. The van der Waals surface area contributed by atoms with Crippen molar-refractivity contribution in [3.05, 3.63) is 11.9 Å². The van der Waals surface area contributed by atoms with Crippen LogP contribution < -0.4 is 11.1 Å². The summed E-state index contributed by atoms with van der Waals surface area (Å²) in [6.07, 6.45) is 5.85. The van der Waals surface area contributed by atoms with E-state index in [0.29, 0.717) is 31.0 Å². The largest absolute Gasteiger partial charge is 0.376 e. The topological polar surface area (TPSA) is 90.1 Å². The highest BCUT2D eigenvalue weighted by Gasteiger charge is 2.18. The highest BCUT2D eigenvalue weighted by atomic mass is 32.1. The van der Waals surface area contributed by atoms with Gasteiger partial charge in [0.05, 0.1) is 30.6 Å². The number of ether oxygens (including phenoxy) is 1. The molecular formula is C11H18N4O2S. The summed E-state index contributed by atoms with van der Waals surface area (Å²) in [6.45, 7) is 1.03. The Kier molecular flexibility index (Phi) is 5.03. The molecule has 1 aliphatic carbocycles. The molecule has 1 amide bonds. The van der Waals surface area contributed by atoms with Gasteiger partial charge in [0.25, 0.3) is 5.91 Å². The molecule has 6 nitrogen and oxygen atoms in total. The monoisotopic (exact) mass is 270 g/mol. The molecule has 7 heteroatoms. The second-order valence-electron chi connectivity index (χ2n) is 4.46. The number of nitrogens with two attached hydrogens (primary N) is 1. The van der Waals surface area contributed by atoms with Crippen LogP contribution in [0.4, 0.5) is 0 Å². The van der Waals surface area contributed by atoms with Crippen LogP contribution in [0.3, 0.4) is 0 Å². The smallest absolute Gasteiger partial charge is 0.272 e. The van der Waals surface area contributed by atoms with E-state index in [1.807, 2.05) is 0 Å². The summed E-state index contributed by atoms with van der Waals surface area (Å²) in [5, 5.41) is 2.75. The highest BCUT2D eigenvalue weighted by Crippen LogP contribution is 2.19. The van der Waals surface area contributed by atoms with E-state index in [-0.39, 0.29) is 5.91 Å². The van der Waals surface area contributed by atoms with Crippen molar-refractivity contribution in [1.82, 2.24) is 14.1 Å². The lowest BCUT2D eigenvalue weighted by atomic mass is 9.94. The van der Waals surface area contributed by atoms with Crippen molar-refractivity contribution in [3.63, 3.8) is 0 Å². The van der Waals surface area contributed by atoms with E-state index in [2.05, 4.69) is 14.1 Å². The summed E-state index contributed by atoms with van der Waals surface area (Å²) < 4.78 is 13.3. The van der Waals surface area contributed by atoms with E-state index in [4.69, 9.17) is 10.5 Å². The molecule has 1 heterocycles. The zero-order chi connectivity index (χ0) is 12.8. The average Bonchev–Trinajstić information content (AvgIpc) is 2.90. The van der Waals surface area contributed by atoms with E-state index >= 15 is 0 Å². The van der Waals surface area contributed by atoms with Crippen molar-refractivity contribution >= 4 is 17.6 Å². The van der Waals surface area contributed by atoms with Gasteiger partial charge in [-0.25, -0.2) is 0 Å². The Morgan fingerprint density at radius 2 is 2.28 bits per heavy atom. The Morgan fingerprint density at radius 3 is 2.94 bits per heavy atom. The van der Waals surface area contributed by atoms with Gasteiger partial charge in [-0.05, 0) is 25.7 Å². The van der Waals surface area contributed by atoms with Crippen LogP contribution in [0.1, 0.15) is 36.2 Å². The fraction of sp³-hybridized carbons (Fsp3) is 0.727. The zero-order valence-electron chi connectivity index (χ0n) is 10.2. The minimum Gasteiger partial charge on any atom is -0.376 e. The molecular weight excluding hydrogens is 252 g/mol. The van der Waals surface area contributed by atoms with Crippen molar-refractivity contribution in [2.75, 3.05) is 13.2 Å². The second-order valence-corrected chi connectivity index (χ2v) is 5.01. The van der Waals surface area contributed by atoms with Crippen LogP contribution in [-0.4, -0.2) is 40.0 Å². The molecule has 3 N–H and O–H groups in total. The summed E-state index contributed by atoms with van der Waals surface area (Å²) in [4.78, 5) is 11.5. The van der Waals surface area contributed by atoms with Gasteiger partial charge in [-0.1, -0.05) is 0 Å². The molecule has 0 atom stereocenters. The third-order valence-corrected chi connectivity index (χ3v) is 3.53. The number of nitrogens with one attached hydrogen (secondary N) is 1. The van der Waals surface area contributed by atoms with Crippen LogP contribution in [0.5, 0.6) is 0 Å². The standard InChI is InChI=1S/C11H18N4O2S/c12-8-1-3-9(4-2-8)17-6-5-13-11(16)10-7-14-18-15-10/h7-9H,1-6,12H2,(H,13,16).